The van der Waals surface area contributed by atoms with Crippen molar-refractivity contribution in [2.75, 3.05) is 5.32 Å². The SMILES string of the molecule is O=C(O)c1nc2ccc(Nc3cccs3)nn2c1Br. The van der Waals surface area contributed by atoms with Crippen molar-refractivity contribution >= 4 is 49.7 Å². The standard InChI is InChI=1S/C11H7BrN4O2S/c12-10-9(11(17)18)14-7-4-3-6(15-16(7)10)13-8-2-1-5-19-8/h1-5H,(H,13,15)(H,17,18). The number of imidazole rings is 1. The third-order valence-electron chi connectivity index (χ3n) is 2.40. The molecule has 0 atom stereocenters. The fourth-order valence-electron chi connectivity index (χ4n) is 1.59. The Balaban J connectivity index is 2.05. The molecular weight excluding hydrogens is 332 g/mol. The van der Waals surface area contributed by atoms with E-state index in [9.17, 15) is 4.79 Å². The predicted molar refractivity (Wildman–Crippen MR) is 75.2 cm³/mol. The lowest BCUT2D eigenvalue weighted by molar-refractivity contribution is 0.0690. The number of nitrogens with one attached hydrogen (secondary N) is 1. The number of hydrogen-bond donors (Lipinski definition) is 2. The molecule has 0 aliphatic rings. The Labute approximate surface area is 119 Å². The molecule has 3 rings (SSSR count). The Morgan fingerprint density at radius 2 is 2.26 bits per heavy atom. The van der Waals surface area contributed by atoms with Crippen LogP contribution in [0, 0.1) is 0 Å². The van der Waals surface area contributed by atoms with Gasteiger partial charge < -0.3 is 10.4 Å². The zero-order chi connectivity index (χ0) is 13.4. The van der Waals surface area contributed by atoms with Crippen LogP contribution in [0.15, 0.2) is 34.2 Å². The number of fused-ring (bicyclic) bond motifs is 1. The quantitative estimate of drug-likeness (QED) is 0.767. The van der Waals surface area contributed by atoms with E-state index >= 15 is 0 Å². The summed E-state index contributed by atoms with van der Waals surface area (Å²) in [6, 6.07) is 7.32. The van der Waals surface area contributed by atoms with Crippen LogP contribution in [0.25, 0.3) is 5.65 Å². The van der Waals surface area contributed by atoms with E-state index in [1.807, 2.05) is 17.5 Å². The van der Waals surface area contributed by atoms with Crippen molar-refractivity contribution in [3.05, 3.63) is 39.9 Å². The molecule has 0 amide bonds. The molecule has 0 bridgehead atoms. The number of aromatic carboxylic acids is 1. The fourth-order valence-corrected chi connectivity index (χ4v) is 2.73. The number of thiophene rings is 1. The van der Waals surface area contributed by atoms with Crippen LogP contribution >= 0.6 is 27.3 Å². The fraction of sp³-hybridized carbons (Fsp3) is 0. The third-order valence-corrected chi connectivity index (χ3v) is 3.89. The minimum Gasteiger partial charge on any atom is -0.476 e. The van der Waals surface area contributed by atoms with Crippen LogP contribution in [0.3, 0.4) is 0 Å². The molecule has 0 aromatic carbocycles. The molecule has 6 nitrogen and oxygen atoms in total. The van der Waals surface area contributed by atoms with Crippen LogP contribution < -0.4 is 5.32 Å². The zero-order valence-electron chi connectivity index (χ0n) is 9.37. The molecule has 0 spiro atoms. The van der Waals surface area contributed by atoms with E-state index in [4.69, 9.17) is 5.11 Å². The molecule has 96 valence electrons. The molecule has 0 saturated carbocycles. The van der Waals surface area contributed by atoms with Crippen molar-refractivity contribution in [1.82, 2.24) is 14.6 Å². The summed E-state index contributed by atoms with van der Waals surface area (Å²) in [6.07, 6.45) is 0. The maximum atomic E-state index is 11.0. The van der Waals surface area contributed by atoms with E-state index in [2.05, 4.69) is 31.3 Å². The lowest BCUT2D eigenvalue weighted by atomic mass is 10.5. The largest absolute Gasteiger partial charge is 0.476 e. The lowest BCUT2D eigenvalue weighted by Crippen LogP contribution is -1.99. The van der Waals surface area contributed by atoms with Crippen LogP contribution in [-0.2, 0) is 0 Å². The van der Waals surface area contributed by atoms with Gasteiger partial charge in [-0.3, -0.25) is 0 Å². The smallest absolute Gasteiger partial charge is 0.357 e. The summed E-state index contributed by atoms with van der Waals surface area (Å²) in [7, 11) is 0. The van der Waals surface area contributed by atoms with Gasteiger partial charge in [-0.05, 0) is 45.6 Å². The maximum Gasteiger partial charge on any atom is 0.357 e. The van der Waals surface area contributed by atoms with Crippen LogP contribution in [0.1, 0.15) is 10.5 Å². The normalized spacial score (nSPS) is 10.8. The number of rotatable bonds is 3. The minimum absolute atomic E-state index is 0.0548. The molecule has 3 aromatic rings. The molecule has 0 fully saturated rings. The topological polar surface area (TPSA) is 79.5 Å². The van der Waals surface area contributed by atoms with Crippen molar-refractivity contribution in [1.29, 1.82) is 0 Å². The van der Waals surface area contributed by atoms with Crippen molar-refractivity contribution in [3.63, 3.8) is 0 Å². The van der Waals surface area contributed by atoms with Gasteiger partial charge in [-0.15, -0.1) is 16.4 Å². The first-order valence-electron chi connectivity index (χ1n) is 5.24. The second kappa shape index (κ2) is 4.63. The number of hydrogen-bond acceptors (Lipinski definition) is 5. The highest BCUT2D eigenvalue weighted by atomic mass is 79.9. The van der Waals surface area contributed by atoms with Gasteiger partial charge in [-0.2, -0.15) is 0 Å². The second-order valence-electron chi connectivity index (χ2n) is 3.65. The molecule has 0 aliphatic heterocycles. The van der Waals surface area contributed by atoms with E-state index in [1.165, 1.54) is 4.52 Å². The Kier molecular flexibility index (Phi) is 2.96. The molecule has 2 N–H and O–H groups in total. The number of nitrogens with zero attached hydrogens (tertiary/aromatic N) is 3. The van der Waals surface area contributed by atoms with Gasteiger partial charge in [0, 0.05) is 0 Å². The van der Waals surface area contributed by atoms with Gasteiger partial charge in [-0.25, -0.2) is 14.3 Å². The van der Waals surface area contributed by atoms with Gasteiger partial charge in [0.15, 0.2) is 17.2 Å². The third kappa shape index (κ3) is 2.20. The number of halogens is 1. The molecule has 0 unspecified atom stereocenters. The minimum atomic E-state index is -1.09. The monoisotopic (exact) mass is 338 g/mol. The summed E-state index contributed by atoms with van der Waals surface area (Å²) < 4.78 is 1.77. The average molecular weight is 339 g/mol. The van der Waals surface area contributed by atoms with E-state index in [0.717, 1.165) is 5.00 Å². The molecule has 19 heavy (non-hydrogen) atoms. The Hall–Kier alpha value is -1.93. The number of anilines is 2. The van der Waals surface area contributed by atoms with E-state index in [-0.39, 0.29) is 5.69 Å². The first kappa shape index (κ1) is 12.1. The van der Waals surface area contributed by atoms with Gasteiger partial charge in [0.05, 0.1) is 5.00 Å². The first-order chi connectivity index (χ1) is 9.15. The van der Waals surface area contributed by atoms with Gasteiger partial charge in [0.1, 0.15) is 4.60 Å². The van der Waals surface area contributed by atoms with E-state index in [1.54, 1.807) is 23.5 Å². The maximum absolute atomic E-state index is 11.0. The Morgan fingerprint density at radius 1 is 1.42 bits per heavy atom. The van der Waals surface area contributed by atoms with Crippen LogP contribution in [0.5, 0.6) is 0 Å². The Morgan fingerprint density at radius 3 is 2.95 bits per heavy atom. The molecule has 0 radical (unpaired) electrons. The zero-order valence-corrected chi connectivity index (χ0v) is 11.8. The number of aromatic nitrogens is 3. The summed E-state index contributed by atoms with van der Waals surface area (Å²) >= 11 is 4.75. The number of carboxylic acid groups (broad SMARTS) is 1. The van der Waals surface area contributed by atoms with Crippen LogP contribution in [-0.4, -0.2) is 25.7 Å². The summed E-state index contributed by atoms with van der Waals surface area (Å²) in [5, 5.41) is 19.3. The van der Waals surface area contributed by atoms with Gasteiger partial charge in [0.25, 0.3) is 0 Å². The van der Waals surface area contributed by atoms with Crippen molar-refractivity contribution < 1.29 is 9.90 Å². The first-order valence-corrected chi connectivity index (χ1v) is 6.91. The van der Waals surface area contributed by atoms with E-state index in [0.29, 0.717) is 16.1 Å². The predicted octanol–water partition coefficient (Wildman–Crippen LogP) is 3.00. The molecular formula is C11H7BrN4O2S. The van der Waals surface area contributed by atoms with Crippen LogP contribution in [0.4, 0.5) is 10.8 Å². The molecule has 0 aliphatic carbocycles. The van der Waals surface area contributed by atoms with Crippen molar-refractivity contribution in [3.8, 4) is 0 Å². The molecule has 3 heterocycles. The summed E-state index contributed by atoms with van der Waals surface area (Å²) in [4.78, 5) is 15.0. The van der Waals surface area contributed by atoms with Crippen molar-refractivity contribution in [2.45, 2.75) is 0 Å². The highest BCUT2D eigenvalue weighted by Crippen LogP contribution is 2.22. The molecule has 0 saturated heterocycles. The highest BCUT2D eigenvalue weighted by molar-refractivity contribution is 9.10. The number of carbonyl (C=O) groups is 1. The lowest BCUT2D eigenvalue weighted by Gasteiger charge is -2.02. The van der Waals surface area contributed by atoms with Gasteiger partial charge in [-0.1, -0.05) is 0 Å². The van der Waals surface area contributed by atoms with E-state index < -0.39 is 5.97 Å². The molecule has 8 heteroatoms. The van der Waals surface area contributed by atoms with Crippen molar-refractivity contribution in [2.24, 2.45) is 0 Å². The highest BCUT2D eigenvalue weighted by Gasteiger charge is 2.17. The molecule has 3 aromatic heterocycles. The summed E-state index contributed by atoms with van der Waals surface area (Å²) in [5.74, 6) is -0.477. The average Bonchev–Trinajstić information content (AvgIpc) is 2.98. The Bertz CT molecular complexity index is 753. The van der Waals surface area contributed by atoms with Crippen LogP contribution in [0.2, 0.25) is 0 Å². The number of carboxylic acids is 1. The second-order valence-corrected chi connectivity index (χ2v) is 5.35. The van der Waals surface area contributed by atoms with Gasteiger partial charge >= 0.3 is 5.97 Å². The summed E-state index contributed by atoms with van der Waals surface area (Å²) in [5.41, 5.74) is 0.418. The summed E-state index contributed by atoms with van der Waals surface area (Å²) in [6.45, 7) is 0. The van der Waals surface area contributed by atoms with Gasteiger partial charge in [0.2, 0.25) is 0 Å².